The van der Waals surface area contributed by atoms with Gasteiger partial charge >= 0.3 is 6.03 Å². The van der Waals surface area contributed by atoms with Crippen molar-refractivity contribution in [2.45, 2.75) is 77.0 Å². The van der Waals surface area contributed by atoms with Crippen molar-refractivity contribution < 1.29 is 9.53 Å². The minimum atomic E-state index is -0.269. The Morgan fingerprint density at radius 3 is 2.53 bits per heavy atom. The fourth-order valence-electron chi connectivity index (χ4n) is 6.32. The number of carbonyl (C=O) groups is 1. The summed E-state index contributed by atoms with van der Waals surface area (Å²) in [6.07, 6.45) is 5.54. The molecule has 0 saturated carbocycles. The number of nitrogens with one attached hydrogen (secondary N) is 3. The van der Waals surface area contributed by atoms with Crippen LogP contribution >= 0.6 is 0 Å². The molecule has 5 aromatic rings. The van der Waals surface area contributed by atoms with Gasteiger partial charge in [-0.2, -0.15) is 5.10 Å². The highest BCUT2D eigenvalue weighted by atomic mass is 16.5. The van der Waals surface area contributed by atoms with Crippen LogP contribution in [0.4, 0.5) is 10.6 Å². The van der Waals surface area contributed by atoms with Gasteiger partial charge in [0.1, 0.15) is 17.7 Å². The second-order valence-electron chi connectivity index (χ2n) is 13.2. The second kappa shape index (κ2) is 11.7. The molecule has 10 nitrogen and oxygen atoms in total. The van der Waals surface area contributed by atoms with Crippen LogP contribution in [0.5, 0.6) is 5.75 Å². The summed E-state index contributed by atoms with van der Waals surface area (Å²) in [5, 5.41) is 23.5. The third-order valence-electron chi connectivity index (χ3n) is 8.79. The topological polar surface area (TPSA) is 110 Å². The van der Waals surface area contributed by atoms with Crippen molar-refractivity contribution >= 4 is 17.5 Å². The monoisotopic (exact) mass is 604 g/mol. The van der Waals surface area contributed by atoms with Crippen LogP contribution in [0.15, 0.2) is 72.9 Å². The molecule has 10 heteroatoms. The van der Waals surface area contributed by atoms with Gasteiger partial charge < -0.3 is 15.4 Å². The molecule has 3 atom stereocenters. The summed E-state index contributed by atoms with van der Waals surface area (Å²) >= 11 is 0. The molecule has 1 aliphatic carbocycles. The van der Waals surface area contributed by atoms with E-state index in [2.05, 4.69) is 66.0 Å². The Morgan fingerprint density at radius 1 is 0.978 bits per heavy atom. The summed E-state index contributed by atoms with van der Waals surface area (Å²) in [6.45, 7) is 9.40. The van der Waals surface area contributed by atoms with E-state index in [1.54, 1.807) is 4.68 Å². The molecule has 2 amide bonds. The smallest absolute Gasteiger partial charge is 0.320 e. The highest BCUT2D eigenvalue weighted by molar-refractivity contribution is 5.89. The SMILES string of the molecule is Cc1ccc(-n2nc(C(C)(C)C)cc2NC(=O)N[C@H]2CC[C@@H](Oc3ccc4nnc(C5CCCN5)n4c3)c3ccccc32)cc1. The zero-order chi connectivity index (χ0) is 31.1. The molecule has 1 fully saturated rings. The molecule has 3 aromatic heterocycles. The lowest BCUT2D eigenvalue weighted by atomic mass is 9.85. The molecule has 1 unspecified atom stereocenters. The minimum absolute atomic E-state index is 0.137. The first-order valence-corrected chi connectivity index (χ1v) is 15.8. The number of urea groups is 1. The van der Waals surface area contributed by atoms with Gasteiger partial charge in [-0.1, -0.05) is 62.7 Å². The number of benzene rings is 2. The van der Waals surface area contributed by atoms with Gasteiger partial charge in [-0.25, -0.2) is 9.48 Å². The van der Waals surface area contributed by atoms with Gasteiger partial charge in [-0.3, -0.25) is 9.72 Å². The molecule has 45 heavy (non-hydrogen) atoms. The van der Waals surface area contributed by atoms with E-state index in [9.17, 15) is 4.79 Å². The van der Waals surface area contributed by atoms with Crippen molar-refractivity contribution in [1.29, 1.82) is 0 Å². The van der Waals surface area contributed by atoms with E-state index in [1.807, 2.05) is 65.2 Å². The first kappa shape index (κ1) is 29.0. The number of hydrogen-bond acceptors (Lipinski definition) is 6. The van der Waals surface area contributed by atoms with Crippen molar-refractivity contribution in [3.63, 3.8) is 0 Å². The van der Waals surface area contributed by atoms with E-state index >= 15 is 0 Å². The first-order chi connectivity index (χ1) is 21.7. The molecule has 0 radical (unpaired) electrons. The predicted octanol–water partition coefficient (Wildman–Crippen LogP) is 6.72. The number of rotatable bonds is 6. The van der Waals surface area contributed by atoms with Gasteiger partial charge in [-0.05, 0) is 74.5 Å². The average Bonchev–Trinajstić information content (AvgIpc) is 3.79. The Labute approximate surface area is 263 Å². The van der Waals surface area contributed by atoms with Crippen LogP contribution in [-0.2, 0) is 5.41 Å². The Morgan fingerprint density at radius 2 is 1.78 bits per heavy atom. The fraction of sp³-hybridized carbons (Fsp3) is 0.371. The molecule has 7 rings (SSSR count). The Bertz CT molecular complexity index is 1830. The van der Waals surface area contributed by atoms with E-state index in [4.69, 9.17) is 9.84 Å². The van der Waals surface area contributed by atoms with Crippen LogP contribution in [0.1, 0.15) is 92.9 Å². The number of amides is 2. The third-order valence-corrected chi connectivity index (χ3v) is 8.79. The average molecular weight is 605 g/mol. The summed E-state index contributed by atoms with van der Waals surface area (Å²) in [4.78, 5) is 13.5. The number of aromatic nitrogens is 5. The largest absolute Gasteiger partial charge is 0.484 e. The van der Waals surface area contributed by atoms with Crippen LogP contribution in [-0.4, -0.2) is 37.0 Å². The predicted molar refractivity (Wildman–Crippen MR) is 174 cm³/mol. The Balaban J connectivity index is 1.09. The van der Waals surface area contributed by atoms with Crippen molar-refractivity contribution in [2.24, 2.45) is 0 Å². The minimum Gasteiger partial charge on any atom is -0.484 e. The van der Waals surface area contributed by atoms with E-state index in [0.717, 1.165) is 77.5 Å². The number of anilines is 1. The van der Waals surface area contributed by atoms with Crippen LogP contribution in [0.3, 0.4) is 0 Å². The molecule has 4 heterocycles. The van der Waals surface area contributed by atoms with E-state index in [-0.39, 0.29) is 29.6 Å². The molecule has 232 valence electrons. The maximum atomic E-state index is 13.5. The van der Waals surface area contributed by atoms with E-state index in [0.29, 0.717) is 5.82 Å². The van der Waals surface area contributed by atoms with Crippen molar-refractivity contribution in [1.82, 2.24) is 35.0 Å². The van der Waals surface area contributed by atoms with Gasteiger partial charge in [0.15, 0.2) is 11.5 Å². The second-order valence-corrected chi connectivity index (χ2v) is 13.2. The van der Waals surface area contributed by atoms with Gasteiger partial charge in [-0.15, -0.1) is 10.2 Å². The highest BCUT2D eigenvalue weighted by Gasteiger charge is 2.30. The lowest BCUT2D eigenvalue weighted by Gasteiger charge is -2.32. The standard InChI is InChI=1S/C35H40N8O2/c1-22-11-13-23(14-12-22)43-32(20-30(41-43)35(2,3)4)38-34(44)37-27-16-17-29(26-9-6-5-8-25(26)27)45-24-15-18-31-39-40-33(42(31)21-24)28-10-7-19-36-28/h5-6,8-9,11-15,18,20-21,27-29,36H,7,10,16-17,19H2,1-4H3,(H2,37,38,44)/t27-,28?,29+/m0/s1. The molecule has 1 saturated heterocycles. The van der Waals surface area contributed by atoms with Crippen LogP contribution in [0.25, 0.3) is 11.3 Å². The molecular weight excluding hydrogens is 564 g/mol. The maximum Gasteiger partial charge on any atom is 0.320 e. The molecular formula is C35H40N8O2. The summed E-state index contributed by atoms with van der Waals surface area (Å²) in [5.74, 6) is 2.32. The summed E-state index contributed by atoms with van der Waals surface area (Å²) in [6, 6.07) is 22.0. The number of aryl methyl sites for hydroxylation is 1. The quantitative estimate of drug-likeness (QED) is 0.198. The van der Waals surface area contributed by atoms with Crippen LogP contribution in [0.2, 0.25) is 0 Å². The van der Waals surface area contributed by atoms with Crippen molar-refractivity contribution in [3.05, 3.63) is 101 Å². The van der Waals surface area contributed by atoms with E-state index in [1.165, 1.54) is 0 Å². The number of ether oxygens (including phenoxy) is 1. The number of hydrogen-bond donors (Lipinski definition) is 3. The lowest BCUT2D eigenvalue weighted by molar-refractivity contribution is 0.171. The Kier molecular flexibility index (Phi) is 7.53. The molecule has 0 bridgehead atoms. The van der Waals surface area contributed by atoms with Crippen molar-refractivity contribution in [3.8, 4) is 11.4 Å². The van der Waals surface area contributed by atoms with Gasteiger partial charge in [0.25, 0.3) is 0 Å². The van der Waals surface area contributed by atoms with Crippen molar-refractivity contribution in [2.75, 3.05) is 11.9 Å². The zero-order valence-corrected chi connectivity index (χ0v) is 26.2. The summed E-state index contributed by atoms with van der Waals surface area (Å²) < 4.78 is 10.4. The molecule has 2 aliphatic rings. The molecule has 1 aliphatic heterocycles. The van der Waals surface area contributed by atoms with Crippen LogP contribution in [0, 0.1) is 6.92 Å². The number of pyridine rings is 1. The number of fused-ring (bicyclic) bond motifs is 2. The molecule has 2 aromatic carbocycles. The van der Waals surface area contributed by atoms with Gasteiger partial charge in [0, 0.05) is 11.5 Å². The fourth-order valence-corrected chi connectivity index (χ4v) is 6.32. The number of carbonyl (C=O) groups excluding carboxylic acids is 1. The van der Waals surface area contributed by atoms with E-state index < -0.39 is 0 Å². The summed E-state index contributed by atoms with van der Waals surface area (Å²) in [5.41, 5.74) is 5.74. The Hall–Kier alpha value is -4.70. The first-order valence-electron chi connectivity index (χ1n) is 15.8. The molecule has 3 N–H and O–H groups in total. The summed E-state index contributed by atoms with van der Waals surface area (Å²) in [7, 11) is 0. The van der Waals surface area contributed by atoms with Gasteiger partial charge in [0.05, 0.1) is 29.7 Å². The maximum absolute atomic E-state index is 13.5. The van der Waals surface area contributed by atoms with Gasteiger partial charge in [0.2, 0.25) is 0 Å². The zero-order valence-electron chi connectivity index (χ0n) is 26.2. The molecule has 0 spiro atoms. The normalized spacial score (nSPS) is 19.8. The lowest BCUT2D eigenvalue weighted by Crippen LogP contribution is -2.36. The highest BCUT2D eigenvalue weighted by Crippen LogP contribution is 2.39. The number of nitrogens with zero attached hydrogens (tertiary/aromatic N) is 5. The third kappa shape index (κ3) is 5.90. The van der Waals surface area contributed by atoms with Crippen LogP contribution < -0.4 is 20.7 Å².